The van der Waals surface area contributed by atoms with Gasteiger partial charge in [-0.25, -0.2) is 8.78 Å². The summed E-state index contributed by atoms with van der Waals surface area (Å²) in [4.78, 5) is 0. The topological polar surface area (TPSA) is 0 Å². The van der Waals surface area contributed by atoms with Crippen LogP contribution in [-0.2, 0) is 0 Å². The van der Waals surface area contributed by atoms with Crippen molar-refractivity contribution in [2.75, 3.05) is 0 Å². The zero-order valence-corrected chi connectivity index (χ0v) is 14.5. The maximum absolute atomic E-state index is 14.3. The van der Waals surface area contributed by atoms with Crippen LogP contribution < -0.4 is 0 Å². The van der Waals surface area contributed by atoms with Crippen molar-refractivity contribution >= 4 is 0 Å². The highest BCUT2D eigenvalue weighted by atomic mass is 19.1. The second-order valence-corrected chi connectivity index (χ2v) is 7.08. The van der Waals surface area contributed by atoms with Gasteiger partial charge in [0.05, 0.1) is 5.41 Å². The highest BCUT2D eigenvalue weighted by Gasteiger charge is 2.44. The van der Waals surface area contributed by atoms with Crippen LogP contribution in [0.1, 0.15) is 65.2 Å². The highest BCUT2D eigenvalue weighted by molar-refractivity contribution is 5.32. The molecule has 0 saturated carbocycles. The lowest BCUT2D eigenvalue weighted by Crippen LogP contribution is -2.37. The Morgan fingerprint density at radius 2 is 1.87 bits per heavy atom. The first-order valence-corrected chi connectivity index (χ1v) is 9.14. The Morgan fingerprint density at radius 1 is 1.13 bits per heavy atom. The molecular formula is C21H30F2. The van der Waals surface area contributed by atoms with E-state index in [4.69, 9.17) is 0 Å². The van der Waals surface area contributed by atoms with Crippen LogP contribution >= 0.6 is 0 Å². The van der Waals surface area contributed by atoms with Crippen molar-refractivity contribution in [2.45, 2.75) is 71.4 Å². The molecule has 0 nitrogen and oxygen atoms in total. The molecule has 23 heavy (non-hydrogen) atoms. The lowest BCUT2D eigenvalue weighted by Gasteiger charge is -2.38. The molecule has 2 rings (SSSR count). The molecule has 0 spiro atoms. The fraction of sp³-hybridized carbons (Fsp3) is 0.619. The van der Waals surface area contributed by atoms with Gasteiger partial charge >= 0.3 is 0 Å². The summed E-state index contributed by atoms with van der Waals surface area (Å²) in [6.45, 7) is 3.94. The van der Waals surface area contributed by atoms with E-state index < -0.39 is 11.6 Å². The summed E-state index contributed by atoms with van der Waals surface area (Å²) in [7, 11) is 0. The van der Waals surface area contributed by atoms with Gasteiger partial charge in [0.25, 0.3) is 0 Å². The Kier molecular flexibility index (Phi) is 6.80. The number of alkyl halides is 1. The van der Waals surface area contributed by atoms with E-state index in [0.29, 0.717) is 0 Å². The van der Waals surface area contributed by atoms with E-state index in [2.05, 4.69) is 19.1 Å². The van der Waals surface area contributed by atoms with Crippen LogP contribution in [0.25, 0.3) is 0 Å². The van der Waals surface area contributed by atoms with Crippen LogP contribution in [0.4, 0.5) is 8.78 Å². The minimum atomic E-state index is -1.25. The second-order valence-electron chi connectivity index (χ2n) is 7.08. The number of halogens is 2. The van der Waals surface area contributed by atoms with Crippen LogP contribution in [0.15, 0.2) is 47.9 Å². The molecule has 0 aromatic carbocycles. The van der Waals surface area contributed by atoms with Crippen LogP contribution in [0, 0.1) is 11.3 Å². The van der Waals surface area contributed by atoms with Crippen molar-refractivity contribution in [1.82, 2.24) is 0 Å². The van der Waals surface area contributed by atoms with Gasteiger partial charge in [0, 0.05) is 0 Å². The normalized spacial score (nSPS) is 30.3. The number of unbranched alkanes of at least 4 members (excludes halogenated alkanes) is 5. The largest absolute Gasteiger partial charge is 0.242 e. The molecule has 0 N–H and O–H groups in total. The fourth-order valence-corrected chi connectivity index (χ4v) is 3.53. The Labute approximate surface area is 140 Å². The molecule has 0 bridgehead atoms. The number of hydrogen-bond donors (Lipinski definition) is 0. The average Bonchev–Trinajstić information content (AvgIpc) is 2.56. The second kappa shape index (κ2) is 8.61. The first-order valence-electron chi connectivity index (χ1n) is 9.14. The van der Waals surface area contributed by atoms with Crippen LogP contribution in [0.3, 0.4) is 0 Å². The van der Waals surface area contributed by atoms with Gasteiger partial charge in [-0.2, -0.15) is 0 Å². The maximum Gasteiger partial charge on any atom is 0.131 e. The zero-order valence-electron chi connectivity index (χ0n) is 14.5. The van der Waals surface area contributed by atoms with Crippen LogP contribution in [0.2, 0.25) is 0 Å². The number of rotatable bonds is 8. The van der Waals surface area contributed by atoms with Crippen molar-refractivity contribution in [3.05, 3.63) is 47.9 Å². The molecule has 3 unspecified atom stereocenters. The molecule has 2 aliphatic rings. The third-order valence-electron chi connectivity index (χ3n) is 5.38. The first kappa shape index (κ1) is 18.2. The molecule has 0 amide bonds. The van der Waals surface area contributed by atoms with E-state index in [-0.39, 0.29) is 11.7 Å². The van der Waals surface area contributed by atoms with Gasteiger partial charge in [0.1, 0.15) is 12.0 Å². The SMILES string of the molecule is CCCCCCCCC1=CCC(C2(C)C(F)=CC=CC2F)C=C1. The molecule has 0 aliphatic heterocycles. The quantitative estimate of drug-likeness (QED) is 0.422. The standard InChI is InChI=1S/C21H30F2/c1-3-4-5-6-7-8-10-17-13-15-18(16-14-17)21(2)19(22)11-9-12-20(21)23/h9,11-15,18-19H,3-8,10,16H2,1-2H3. The first-order chi connectivity index (χ1) is 11.1. The number of allylic oxidation sites excluding steroid dienone is 8. The summed E-state index contributed by atoms with van der Waals surface area (Å²) < 4.78 is 28.5. The molecular weight excluding hydrogens is 290 g/mol. The van der Waals surface area contributed by atoms with Gasteiger partial charge in [0.15, 0.2) is 0 Å². The summed E-state index contributed by atoms with van der Waals surface area (Å²) in [6.07, 6.45) is 19.0. The van der Waals surface area contributed by atoms with Crippen molar-refractivity contribution < 1.29 is 8.78 Å². The fourth-order valence-electron chi connectivity index (χ4n) is 3.53. The Morgan fingerprint density at radius 3 is 2.52 bits per heavy atom. The molecule has 0 aromatic rings. The van der Waals surface area contributed by atoms with Gasteiger partial charge < -0.3 is 0 Å². The molecule has 0 heterocycles. The van der Waals surface area contributed by atoms with E-state index in [1.54, 1.807) is 6.92 Å². The molecule has 128 valence electrons. The smallest absolute Gasteiger partial charge is 0.131 e. The van der Waals surface area contributed by atoms with Crippen molar-refractivity contribution in [1.29, 1.82) is 0 Å². The number of hydrogen-bond acceptors (Lipinski definition) is 0. The average molecular weight is 320 g/mol. The van der Waals surface area contributed by atoms with Crippen molar-refractivity contribution in [2.24, 2.45) is 11.3 Å². The van der Waals surface area contributed by atoms with Gasteiger partial charge in [-0.15, -0.1) is 0 Å². The minimum absolute atomic E-state index is 0.105. The Hall–Kier alpha value is -1.18. The predicted octanol–water partition coefficient (Wildman–Crippen LogP) is 7.01. The van der Waals surface area contributed by atoms with Crippen LogP contribution in [-0.4, -0.2) is 6.17 Å². The van der Waals surface area contributed by atoms with E-state index in [1.165, 1.54) is 62.3 Å². The monoisotopic (exact) mass is 320 g/mol. The van der Waals surface area contributed by atoms with E-state index in [0.717, 1.165) is 12.8 Å². The van der Waals surface area contributed by atoms with Gasteiger partial charge in [-0.3, -0.25) is 0 Å². The summed E-state index contributed by atoms with van der Waals surface area (Å²) in [5.74, 6) is -0.443. The van der Waals surface area contributed by atoms with Gasteiger partial charge in [0.2, 0.25) is 0 Å². The summed E-state index contributed by atoms with van der Waals surface area (Å²) in [5.41, 5.74) is 0.277. The lowest BCUT2D eigenvalue weighted by molar-refractivity contribution is 0.120. The van der Waals surface area contributed by atoms with Crippen molar-refractivity contribution in [3.8, 4) is 0 Å². The van der Waals surface area contributed by atoms with E-state index in [1.807, 2.05) is 6.08 Å². The van der Waals surface area contributed by atoms with Gasteiger partial charge in [-0.1, -0.05) is 68.9 Å². The molecule has 2 aliphatic carbocycles. The highest BCUT2D eigenvalue weighted by Crippen LogP contribution is 2.47. The zero-order chi connectivity index (χ0) is 16.7. The molecule has 0 aromatic heterocycles. The Bertz CT molecular complexity index is 498. The predicted molar refractivity (Wildman–Crippen MR) is 94.7 cm³/mol. The maximum atomic E-state index is 14.3. The van der Waals surface area contributed by atoms with Crippen LogP contribution in [0.5, 0.6) is 0 Å². The third-order valence-corrected chi connectivity index (χ3v) is 5.38. The van der Waals surface area contributed by atoms with Crippen molar-refractivity contribution in [3.63, 3.8) is 0 Å². The molecule has 2 heteroatoms. The molecule has 0 radical (unpaired) electrons. The summed E-state index contributed by atoms with van der Waals surface area (Å²) in [5, 5.41) is 0. The molecule has 0 fully saturated rings. The van der Waals surface area contributed by atoms with E-state index in [9.17, 15) is 8.78 Å². The minimum Gasteiger partial charge on any atom is -0.242 e. The third kappa shape index (κ3) is 4.43. The summed E-state index contributed by atoms with van der Waals surface area (Å²) in [6, 6.07) is 0. The molecule has 0 saturated heterocycles. The molecule has 3 atom stereocenters. The summed E-state index contributed by atoms with van der Waals surface area (Å²) >= 11 is 0. The lowest BCUT2D eigenvalue weighted by atomic mass is 9.67. The van der Waals surface area contributed by atoms with E-state index >= 15 is 0 Å². The van der Waals surface area contributed by atoms with Gasteiger partial charge in [-0.05, 0) is 44.3 Å². The Balaban J connectivity index is 1.81.